The van der Waals surface area contributed by atoms with Crippen LogP contribution in [0.15, 0.2) is 48.0 Å². The monoisotopic (exact) mass is 319 g/mol. The van der Waals surface area contributed by atoms with E-state index in [9.17, 15) is 14.9 Å². The van der Waals surface area contributed by atoms with Gasteiger partial charge in [0.1, 0.15) is 12.4 Å². The molecule has 0 spiro atoms. The van der Waals surface area contributed by atoms with E-state index >= 15 is 0 Å². The number of carbonyl (C=O) groups is 1. The van der Waals surface area contributed by atoms with Crippen LogP contribution in [0.5, 0.6) is 5.75 Å². The topological polar surface area (TPSA) is 69.4 Å². The molecule has 0 atom stereocenters. The van der Waals surface area contributed by atoms with Crippen molar-refractivity contribution >= 4 is 17.5 Å². The number of rotatable bonds is 4. The number of non-ortho nitro benzene ring substituents is 1. The molecule has 0 saturated heterocycles. The van der Waals surface area contributed by atoms with E-state index < -0.39 is 4.92 Å². The molecule has 0 aromatic heterocycles. The molecular formula is C19H13NO4. The standard InChI is InChI=1S/C19H13NO4/c1-2-9-24-18-8-7-16(20(22)23)12-14(18)11-15-10-13-5-3-4-6-17(13)19(15)21/h1,3-8,11-12H,9-10H2/b15-11+. The van der Waals surface area contributed by atoms with E-state index in [0.29, 0.717) is 28.9 Å². The lowest BCUT2D eigenvalue weighted by molar-refractivity contribution is -0.384. The lowest BCUT2D eigenvalue weighted by Gasteiger charge is -2.07. The summed E-state index contributed by atoms with van der Waals surface area (Å²) in [5.74, 6) is 2.70. The minimum atomic E-state index is -0.488. The first-order chi connectivity index (χ1) is 11.6. The normalized spacial score (nSPS) is 14.3. The first-order valence-electron chi connectivity index (χ1n) is 7.28. The maximum Gasteiger partial charge on any atom is 0.270 e. The summed E-state index contributed by atoms with van der Waals surface area (Å²) < 4.78 is 5.43. The number of nitro benzene ring substituents is 1. The van der Waals surface area contributed by atoms with Gasteiger partial charge >= 0.3 is 0 Å². The summed E-state index contributed by atoms with van der Waals surface area (Å²) in [4.78, 5) is 23.0. The zero-order valence-electron chi connectivity index (χ0n) is 12.7. The molecule has 5 nitrogen and oxygen atoms in total. The van der Waals surface area contributed by atoms with Crippen LogP contribution in [-0.4, -0.2) is 17.3 Å². The van der Waals surface area contributed by atoms with Crippen LogP contribution in [0.2, 0.25) is 0 Å². The molecule has 0 unspecified atom stereocenters. The van der Waals surface area contributed by atoms with E-state index in [0.717, 1.165) is 5.56 Å². The Morgan fingerprint density at radius 1 is 1.29 bits per heavy atom. The third-order valence-electron chi connectivity index (χ3n) is 3.78. The number of terminal acetylenes is 1. The van der Waals surface area contributed by atoms with Gasteiger partial charge in [-0.1, -0.05) is 30.2 Å². The van der Waals surface area contributed by atoms with Gasteiger partial charge in [0.2, 0.25) is 0 Å². The van der Waals surface area contributed by atoms with Crippen molar-refractivity contribution in [1.82, 2.24) is 0 Å². The number of fused-ring (bicyclic) bond motifs is 1. The summed E-state index contributed by atoms with van der Waals surface area (Å²) in [6, 6.07) is 11.6. The molecule has 0 heterocycles. The van der Waals surface area contributed by atoms with Gasteiger partial charge in [-0.15, -0.1) is 6.42 Å². The molecule has 0 saturated carbocycles. The molecule has 2 aromatic rings. The lowest BCUT2D eigenvalue weighted by atomic mass is 10.1. The van der Waals surface area contributed by atoms with Crippen molar-refractivity contribution < 1.29 is 14.5 Å². The van der Waals surface area contributed by atoms with Gasteiger partial charge < -0.3 is 4.74 Å². The maximum absolute atomic E-state index is 12.5. The molecule has 0 fully saturated rings. The number of nitro groups is 1. The summed E-state index contributed by atoms with van der Waals surface area (Å²) in [6.45, 7) is 0.0438. The SMILES string of the molecule is C#CCOc1ccc([N+](=O)[O-])cc1/C=C1\Cc2ccccc2C1=O. The van der Waals surface area contributed by atoms with Crippen molar-refractivity contribution in [1.29, 1.82) is 0 Å². The number of hydrogen-bond acceptors (Lipinski definition) is 4. The van der Waals surface area contributed by atoms with Crippen LogP contribution < -0.4 is 4.74 Å². The predicted octanol–water partition coefficient (Wildman–Crippen LogP) is 3.43. The van der Waals surface area contributed by atoms with E-state index in [-0.39, 0.29) is 18.1 Å². The largest absolute Gasteiger partial charge is 0.480 e. The highest BCUT2D eigenvalue weighted by Gasteiger charge is 2.24. The second-order valence-electron chi connectivity index (χ2n) is 5.30. The highest BCUT2D eigenvalue weighted by Crippen LogP contribution is 2.31. The highest BCUT2D eigenvalue weighted by atomic mass is 16.6. The summed E-state index contributed by atoms with van der Waals surface area (Å²) in [5.41, 5.74) is 2.58. The van der Waals surface area contributed by atoms with Gasteiger partial charge in [-0.2, -0.15) is 0 Å². The van der Waals surface area contributed by atoms with Gasteiger partial charge in [0.25, 0.3) is 5.69 Å². The Morgan fingerprint density at radius 2 is 2.08 bits per heavy atom. The van der Waals surface area contributed by atoms with E-state index in [1.165, 1.54) is 18.2 Å². The second-order valence-corrected chi connectivity index (χ2v) is 5.30. The first kappa shape index (κ1) is 15.5. The molecule has 1 aliphatic rings. The van der Waals surface area contributed by atoms with Crippen molar-refractivity contribution in [2.75, 3.05) is 6.61 Å². The smallest absolute Gasteiger partial charge is 0.270 e. The van der Waals surface area contributed by atoms with Crippen LogP contribution in [0.1, 0.15) is 21.5 Å². The highest BCUT2D eigenvalue weighted by molar-refractivity contribution is 6.15. The molecule has 5 heteroatoms. The van der Waals surface area contributed by atoms with Gasteiger partial charge in [0.15, 0.2) is 5.78 Å². The maximum atomic E-state index is 12.5. The second kappa shape index (κ2) is 6.39. The number of Topliss-reactive ketones (excluding diaryl/α,β-unsaturated/α-hetero) is 1. The van der Waals surface area contributed by atoms with Crippen LogP contribution >= 0.6 is 0 Å². The Hall–Kier alpha value is -3.39. The van der Waals surface area contributed by atoms with Crippen molar-refractivity contribution in [2.24, 2.45) is 0 Å². The number of hydrogen-bond donors (Lipinski definition) is 0. The third kappa shape index (κ3) is 2.90. The summed E-state index contributed by atoms with van der Waals surface area (Å²) >= 11 is 0. The van der Waals surface area contributed by atoms with Gasteiger partial charge in [-0.25, -0.2) is 0 Å². The molecule has 0 amide bonds. The molecule has 118 valence electrons. The lowest BCUT2D eigenvalue weighted by Crippen LogP contribution is -1.99. The third-order valence-corrected chi connectivity index (χ3v) is 3.78. The van der Waals surface area contributed by atoms with Crippen molar-refractivity contribution in [3.63, 3.8) is 0 Å². The molecular weight excluding hydrogens is 306 g/mol. The van der Waals surface area contributed by atoms with Crippen molar-refractivity contribution in [2.45, 2.75) is 6.42 Å². The van der Waals surface area contributed by atoms with Crippen LogP contribution in [0.4, 0.5) is 5.69 Å². The van der Waals surface area contributed by atoms with E-state index in [1.807, 2.05) is 18.2 Å². The molecule has 0 radical (unpaired) electrons. The van der Waals surface area contributed by atoms with Gasteiger partial charge in [0, 0.05) is 35.3 Å². The zero-order chi connectivity index (χ0) is 17.1. The Kier molecular flexibility index (Phi) is 4.13. The number of allylic oxidation sites excluding steroid dienone is 1. The zero-order valence-corrected chi connectivity index (χ0v) is 12.7. The number of ketones is 1. The Balaban J connectivity index is 2.02. The average molecular weight is 319 g/mol. The van der Waals surface area contributed by atoms with Gasteiger partial charge in [-0.3, -0.25) is 14.9 Å². The fourth-order valence-electron chi connectivity index (χ4n) is 2.67. The first-order valence-corrected chi connectivity index (χ1v) is 7.28. The molecule has 2 aromatic carbocycles. The fraction of sp³-hybridized carbons (Fsp3) is 0.105. The Bertz CT molecular complexity index is 906. The number of ether oxygens (including phenoxy) is 1. The van der Waals surface area contributed by atoms with Crippen LogP contribution in [-0.2, 0) is 6.42 Å². The van der Waals surface area contributed by atoms with Crippen LogP contribution in [0, 0.1) is 22.5 Å². The molecule has 0 aliphatic heterocycles. The van der Waals surface area contributed by atoms with Crippen LogP contribution in [0.25, 0.3) is 6.08 Å². The molecule has 0 bridgehead atoms. The average Bonchev–Trinajstić information content (AvgIpc) is 2.90. The van der Waals surface area contributed by atoms with Gasteiger partial charge in [-0.05, 0) is 17.7 Å². The number of benzene rings is 2. The van der Waals surface area contributed by atoms with E-state index in [2.05, 4.69) is 5.92 Å². The molecule has 1 aliphatic carbocycles. The van der Waals surface area contributed by atoms with E-state index in [4.69, 9.17) is 11.2 Å². The number of carbonyl (C=O) groups excluding carboxylic acids is 1. The molecule has 3 rings (SSSR count). The fourth-order valence-corrected chi connectivity index (χ4v) is 2.67. The minimum Gasteiger partial charge on any atom is -0.480 e. The van der Waals surface area contributed by atoms with E-state index in [1.54, 1.807) is 12.1 Å². The Morgan fingerprint density at radius 3 is 2.79 bits per heavy atom. The Labute approximate surface area is 138 Å². The van der Waals surface area contributed by atoms with Crippen LogP contribution in [0.3, 0.4) is 0 Å². The summed E-state index contributed by atoms with van der Waals surface area (Å²) in [5, 5.41) is 11.0. The van der Waals surface area contributed by atoms with Crippen molar-refractivity contribution in [3.05, 3.63) is 74.8 Å². The number of nitrogens with zero attached hydrogens (tertiary/aromatic N) is 1. The molecule has 0 N–H and O–H groups in total. The molecule has 24 heavy (non-hydrogen) atoms. The van der Waals surface area contributed by atoms with Crippen molar-refractivity contribution in [3.8, 4) is 18.1 Å². The predicted molar refractivity (Wildman–Crippen MR) is 89.9 cm³/mol. The minimum absolute atomic E-state index is 0.0438. The quantitative estimate of drug-likeness (QED) is 0.375. The summed E-state index contributed by atoms with van der Waals surface area (Å²) in [6.07, 6.45) is 7.33. The van der Waals surface area contributed by atoms with Gasteiger partial charge in [0.05, 0.1) is 4.92 Å². The summed E-state index contributed by atoms with van der Waals surface area (Å²) in [7, 11) is 0.